The minimum absolute atomic E-state index is 0.135. The zero-order chi connectivity index (χ0) is 35.6. The van der Waals surface area contributed by atoms with Gasteiger partial charge in [0.2, 0.25) is 0 Å². The standard InChI is InChI=1S/C34H33F9O5/c1-2-3-4-5-6-7-8-21-46-27-17-13-23(14-18-27)24-15-19-28(20-16-24)48-30(45)26-11-9-25(10-12-26)29(44)47-22-31(35,36)32(37,38)33(39,40)34(41,42)43/h9-20H,2-8,21-22H2,1H3. The van der Waals surface area contributed by atoms with E-state index in [-0.39, 0.29) is 11.3 Å². The maximum absolute atomic E-state index is 13.6. The zero-order valence-corrected chi connectivity index (χ0v) is 25.7. The van der Waals surface area contributed by atoms with Crippen LogP contribution in [0.5, 0.6) is 11.5 Å². The highest BCUT2D eigenvalue weighted by Crippen LogP contribution is 2.53. The lowest BCUT2D eigenvalue weighted by atomic mass is 10.0. The number of esters is 2. The number of carbonyl (C=O) groups is 2. The smallest absolute Gasteiger partial charge is 0.460 e. The van der Waals surface area contributed by atoms with Crippen molar-refractivity contribution in [3.63, 3.8) is 0 Å². The summed E-state index contributed by atoms with van der Waals surface area (Å²) in [6, 6.07) is 17.7. The van der Waals surface area contributed by atoms with Gasteiger partial charge in [0.1, 0.15) is 11.5 Å². The molecule has 0 aliphatic carbocycles. The molecule has 0 N–H and O–H groups in total. The molecule has 0 amide bonds. The predicted octanol–water partition coefficient (Wildman–Crippen LogP) is 10.3. The largest absolute Gasteiger partial charge is 0.494 e. The highest BCUT2D eigenvalue weighted by Gasteiger charge is 2.82. The quantitative estimate of drug-likeness (QED) is 0.0610. The van der Waals surface area contributed by atoms with Gasteiger partial charge in [-0.05, 0) is 66.1 Å². The highest BCUT2D eigenvalue weighted by molar-refractivity contribution is 5.94. The lowest BCUT2D eigenvalue weighted by Gasteiger charge is -2.33. The van der Waals surface area contributed by atoms with Crippen LogP contribution in [-0.2, 0) is 4.74 Å². The van der Waals surface area contributed by atoms with Gasteiger partial charge in [-0.25, -0.2) is 9.59 Å². The summed E-state index contributed by atoms with van der Waals surface area (Å²) in [7, 11) is 0. The Morgan fingerprint density at radius 3 is 1.52 bits per heavy atom. The average Bonchev–Trinajstić information content (AvgIpc) is 3.05. The third-order valence-corrected chi connectivity index (χ3v) is 7.22. The predicted molar refractivity (Wildman–Crippen MR) is 158 cm³/mol. The Morgan fingerprint density at radius 2 is 1.02 bits per heavy atom. The van der Waals surface area contributed by atoms with E-state index in [2.05, 4.69) is 11.7 Å². The minimum Gasteiger partial charge on any atom is -0.494 e. The topological polar surface area (TPSA) is 61.8 Å². The van der Waals surface area contributed by atoms with Crippen LogP contribution in [0.4, 0.5) is 39.5 Å². The summed E-state index contributed by atoms with van der Waals surface area (Å²) < 4.78 is 132. The first kappa shape index (κ1) is 38.2. The molecule has 5 nitrogen and oxygen atoms in total. The number of benzene rings is 3. The molecule has 0 atom stereocenters. The molecule has 0 fully saturated rings. The molecule has 0 radical (unpaired) electrons. The monoisotopic (exact) mass is 692 g/mol. The summed E-state index contributed by atoms with van der Waals surface area (Å²) >= 11 is 0. The Kier molecular flexibility index (Phi) is 12.9. The van der Waals surface area contributed by atoms with E-state index in [0.29, 0.717) is 6.61 Å². The van der Waals surface area contributed by atoms with Crippen LogP contribution in [0.2, 0.25) is 0 Å². The first-order chi connectivity index (χ1) is 22.5. The molecule has 0 bridgehead atoms. The Hall–Kier alpha value is -4.23. The lowest BCUT2D eigenvalue weighted by molar-refractivity contribution is -0.398. The van der Waals surface area contributed by atoms with E-state index in [9.17, 15) is 49.1 Å². The average molecular weight is 693 g/mol. The van der Waals surface area contributed by atoms with Crippen LogP contribution in [0.25, 0.3) is 11.1 Å². The normalized spacial score (nSPS) is 12.5. The molecule has 48 heavy (non-hydrogen) atoms. The number of alkyl halides is 9. The van der Waals surface area contributed by atoms with Gasteiger partial charge in [0, 0.05) is 0 Å². The van der Waals surface area contributed by atoms with E-state index in [1.807, 2.05) is 24.3 Å². The molecule has 0 aliphatic rings. The van der Waals surface area contributed by atoms with Crippen molar-refractivity contribution in [2.45, 2.75) is 75.8 Å². The fourth-order valence-corrected chi connectivity index (χ4v) is 4.35. The van der Waals surface area contributed by atoms with Gasteiger partial charge in [0.25, 0.3) is 0 Å². The molecular weight excluding hydrogens is 659 g/mol. The summed E-state index contributed by atoms with van der Waals surface area (Å²) in [5.41, 5.74) is 0.979. The molecule has 0 heterocycles. The Balaban J connectivity index is 1.49. The van der Waals surface area contributed by atoms with E-state index in [0.717, 1.165) is 54.0 Å². The molecule has 0 spiro atoms. The Morgan fingerprint density at radius 1 is 0.562 bits per heavy atom. The van der Waals surface area contributed by atoms with E-state index in [1.165, 1.54) is 44.2 Å². The van der Waals surface area contributed by atoms with Crippen LogP contribution in [0.15, 0.2) is 72.8 Å². The molecule has 3 rings (SSSR count). The fraction of sp³-hybridized carbons (Fsp3) is 0.412. The number of rotatable bonds is 17. The second-order valence-electron chi connectivity index (χ2n) is 10.9. The molecule has 14 heteroatoms. The van der Waals surface area contributed by atoms with Gasteiger partial charge in [0.05, 0.1) is 17.7 Å². The summed E-state index contributed by atoms with van der Waals surface area (Å²) in [4.78, 5) is 24.5. The Labute approximate surface area is 271 Å². The number of ether oxygens (including phenoxy) is 3. The molecule has 0 saturated carbocycles. The number of hydrogen-bond acceptors (Lipinski definition) is 5. The zero-order valence-electron chi connectivity index (χ0n) is 25.7. The second-order valence-corrected chi connectivity index (χ2v) is 10.9. The SMILES string of the molecule is CCCCCCCCCOc1ccc(-c2ccc(OC(=O)c3ccc(C(=O)OCC(F)(F)C(F)(F)C(F)(F)C(F)(F)F)cc3)cc2)cc1. The van der Waals surface area contributed by atoms with Gasteiger partial charge in [-0.1, -0.05) is 69.7 Å². The van der Waals surface area contributed by atoms with Crippen molar-refractivity contribution >= 4 is 11.9 Å². The summed E-state index contributed by atoms with van der Waals surface area (Å²) in [6.07, 6.45) is 1.31. The molecular formula is C34H33F9O5. The Bertz CT molecular complexity index is 1470. The van der Waals surface area contributed by atoms with Crippen molar-refractivity contribution in [1.82, 2.24) is 0 Å². The number of carbonyl (C=O) groups excluding carboxylic acids is 2. The van der Waals surface area contributed by atoms with Crippen molar-refractivity contribution in [3.05, 3.63) is 83.9 Å². The van der Waals surface area contributed by atoms with Gasteiger partial charge in [-0.2, -0.15) is 39.5 Å². The first-order valence-corrected chi connectivity index (χ1v) is 15.0. The lowest BCUT2D eigenvalue weighted by Crippen LogP contribution is -2.62. The third-order valence-electron chi connectivity index (χ3n) is 7.22. The molecule has 0 saturated heterocycles. The second kappa shape index (κ2) is 16.2. The van der Waals surface area contributed by atoms with Crippen molar-refractivity contribution in [1.29, 1.82) is 0 Å². The first-order valence-electron chi connectivity index (χ1n) is 15.0. The maximum atomic E-state index is 13.6. The van der Waals surface area contributed by atoms with Crippen molar-refractivity contribution in [2.24, 2.45) is 0 Å². The van der Waals surface area contributed by atoms with Gasteiger partial charge >= 0.3 is 35.9 Å². The molecule has 3 aromatic carbocycles. The van der Waals surface area contributed by atoms with Gasteiger partial charge < -0.3 is 14.2 Å². The van der Waals surface area contributed by atoms with Crippen molar-refractivity contribution in [2.75, 3.05) is 13.2 Å². The van der Waals surface area contributed by atoms with Crippen LogP contribution >= 0.6 is 0 Å². The number of unbranched alkanes of at least 4 members (excludes halogenated alkanes) is 6. The molecule has 262 valence electrons. The van der Waals surface area contributed by atoms with E-state index >= 15 is 0 Å². The molecule has 0 aromatic heterocycles. The maximum Gasteiger partial charge on any atom is 0.460 e. The summed E-state index contributed by atoms with van der Waals surface area (Å²) in [5, 5.41) is 0. The summed E-state index contributed by atoms with van der Waals surface area (Å²) in [6.45, 7) is 0.0471. The third kappa shape index (κ3) is 9.66. The van der Waals surface area contributed by atoms with Crippen LogP contribution in [0.1, 0.15) is 72.6 Å². The van der Waals surface area contributed by atoms with Crippen LogP contribution in [0.3, 0.4) is 0 Å². The van der Waals surface area contributed by atoms with Crippen LogP contribution < -0.4 is 9.47 Å². The highest BCUT2D eigenvalue weighted by atomic mass is 19.4. The fourth-order valence-electron chi connectivity index (χ4n) is 4.35. The molecule has 0 unspecified atom stereocenters. The van der Waals surface area contributed by atoms with Gasteiger partial charge in [-0.3, -0.25) is 0 Å². The summed E-state index contributed by atoms with van der Waals surface area (Å²) in [5.74, 6) is -21.8. The van der Waals surface area contributed by atoms with Crippen LogP contribution in [-0.4, -0.2) is 49.1 Å². The minimum atomic E-state index is -7.11. The van der Waals surface area contributed by atoms with Crippen LogP contribution in [0, 0.1) is 0 Å². The van der Waals surface area contributed by atoms with Crippen molar-refractivity contribution < 1.29 is 63.3 Å². The van der Waals surface area contributed by atoms with Gasteiger partial charge in [0.15, 0.2) is 6.61 Å². The van der Waals surface area contributed by atoms with E-state index < -0.39 is 48.1 Å². The van der Waals surface area contributed by atoms with Gasteiger partial charge in [-0.15, -0.1) is 0 Å². The molecule has 0 aliphatic heterocycles. The van der Waals surface area contributed by atoms with Crippen molar-refractivity contribution in [3.8, 4) is 22.6 Å². The molecule has 3 aromatic rings. The van der Waals surface area contributed by atoms with E-state index in [4.69, 9.17) is 9.47 Å². The number of hydrogen-bond donors (Lipinski definition) is 0. The number of halogens is 9. The van der Waals surface area contributed by atoms with E-state index in [1.54, 1.807) is 12.1 Å².